The van der Waals surface area contributed by atoms with Gasteiger partial charge in [-0.25, -0.2) is 19.7 Å². The summed E-state index contributed by atoms with van der Waals surface area (Å²) < 4.78 is 4.58. The Morgan fingerprint density at radius 2 is 2.21 bits per heavy atom. The molecular formula is C12H13N5O2. The fourth-order valence-electron chi connectivity index (χ4n) is 1.44. The number of ether oxygens (including phenoxy) is 1. The number of methoxy groups -OCH3 is 1. The van der Waals surface area contributed by atoms with Crippen molar-refractivity contribution < 1.29 is 9.53 Å². The lowest BCUT2D eigenvalue weighted by Crippen LogP contribution is -2.09. The van der Waals surface area contributed by atoms with Gasteiger partial charge in [0.05, 0.1) is 31.7 Å². The van der Waals surface area contributed by atoms with E-state index in [1.807, 2.05) is 6.92 Å². The summed E-state index contributed by atoms with van der Waals surface area (Å²) in [7, 11) is 1.30. The highest BCUT2D eigenvalue weighted by Gasteiger charge is 2.08. The van der Waals surface area contributed by atoms with Crippen LogP contribution in [0.2, 0.25) is 0 Å². The molecule has 0 aliphatic heterocycles. The number of nitrogens with one attached hydrogen (secondary N) is 1. The quantitative estimate of drug-likeness (QED) is 0.818. The van der Waals surface area contributed by atoms with Gasteiger partial charge < -0.3 is 10.1 Å². The second kappa shape index (κ2) is 5.85. The van der Waals surface area contributed by atoms with Gasteiger partial charge >= 0.3 is 5.97 Å². The van der Waals surface area contributed by atoms with Crippen LogP contribution in [0.15, 0.2) is 24.7 Å². The first-order valence-corrected chi connectivity index (χ1v) is 5.62. The van der Waals surface area contributed by atoms with E-state index >= 15 is 0 Å². The highest BCUT2D eigenvalue weighted by Crippen LogP contribution is 2.05. The molecule has 2 rings (SSSR count). The van der Waals surface area contributed by atoms with Crippen molar-refractivity contribution in [2.75, 3.05) is 12.4 Å². The lowest BCUT2D eigenvalue weighted by Gasteiger charge is -2.06. The standard InChI is InChI=1S/C12H13N5O2/c1-8-14-4-3-9(16-8)5-15-11-7-13-6-10(17-11)12(18)19-2/h3-4,6-7H,5H2,1-2H3,(H,15,17). The Morgan fingerprint density at radius 3 is 2.95 bits per heavy atom. The van der Waals surface area contributed by atoms with Gasteiger partial charge in [-0.1, -0.05) is 0 Å². The molecule has 7 nitrogen and oxygen atoms in total. The van der Waals surface area contributed by atoms with Gasteiger partial charge in [0.15, 0.2) is 5.69 Å². The van der Waals surface area contributed by atoms with E-state index in [1.165, 1.54) is 19.5 Å². The molecule has 19 heavy (non-hydrogen) atoms. The fraction of sp³-hybridized carbons (Fsp3) is 0.250. The topological polar surface area (TPSA) is 89.9 Å². The summed E-state index contributed by atoms with van der Waals surface area (Å²) in [6, 6.07) is 1.80. The maximum absolute atomic E-state index is 11.3. The Balaban J connectivity index is 2.05. The molecule has 1 N–H and O–H groups in total. The van der Waals surface area contributed by atoms with Crippen LogP contribution in [-0.2, 0) is 11.3 Å². The molecule has 0 aromatic carbocycles. The molecule has 0 saturated carbocycles. The molecule has 0 saturated heterocycles. The maximum atomic E-state index is 11.3. The van der Waals surface area contributed by atoms with Crippen molar-refractivity contribution in [2.24, 2.45) is 0 Å². The van der Waals surface area contributed by atoms with Crippen molar-refractivity contribution in [3.05, 3.63) is 41.9 Å². The Labute approximate surface area is 110 Å². The average molecular weight is 259 g/mol. The van der Waals surface area contributed by atoms with E-state index in [9.17, 15) is 4.79 Å². The number of hydrogen-bond acceptors (Lipinski definition) is 7. The number of nitrogens with zero attached hydrogens (tertiary/aromatic N) is 4. The van der Waals surface area contributed by atoms with Crippen LogP contribution in [0.4, 0.5) is 5.82 Å². The molecule has 0 fully saturated rings. The highest BCUT2D eigenvalue weighted by molar-refractivity contribution is 5.87. The largest absolute Gasteiger partial charge is 0.464 e. The Morgan fingerprint density at radius 1 is 1.37 bits per heavy atom. The molecule has 0 unspecified atom stereocenters. The first-order chi connectivity index (χ1) is 9.19. The zero-order valence-corrected chi connectivity index (χ0v) is 10.6. The van der Waals surface area contributed by atoms with E-state index < -0.39 is 5.97 Å². The summed E-state index contributed by atoms with van der Waals surface area (Å²) in [4.78, 5) is 27.6. The number of carbonyl (C=O) groups excluding carboxylic acids is 1. The summed E-state index contributed by atoms with van der Waals surface area (Å²) in [5.74, 6) is 0.668. The van der Waals surface area contributed by atoms with Crippen LogP contribution in [0.25, 0.3) is 0 Å². The third-order valence-electron chi connectivity index (χ3n) is 2.31. The Kier molecular flexibility index (Phi) is 3.97. The minimum Gasteiger partial charge on any atom is -0.464 e. The van der Waals surface area contributed by atoms with E-state index in [1.54, 1.807) is 12.3 Å². The van der Waals surface area contributed by atoms with Gasteiger partial charge in [-0.2, -0.15) is 0 Å². The van der Waals surface area contributed by atoms with Gasteiger partial charge in [-0.05, 0) is 13.0 Å². The van der Waals surface area contributed by atoms with Crippen LogP contribution in [0.3, 0.4) is 0 Å². The molecule has 98 valence electrons. The maximum Gasteiger partial charge on any atom is 0.358 e. The minimum absolute atomic E-state index is 0.159. The zero-order valence-electron chi connectivity index (χ0n) is 10.6. The molecule has 0 aliphatic carbocycles. The predicted molar refractivity (Wildman–Crippen MR) is 67.5 cm³/mol. The lowest BCUT2D eigenvalue weighted by molar-refractivity contribution is 0.0593. The smallest absolute Gasteiger partial charge is 0.358 e. The Hall–Kier alpha value is -2.57. The zero-order chi connectivity index (χ0) is 13.7. The molecule has 2 aromatic rings. The van der Waals surface area contributed by atoms with Crippen molar-refractivity contribution in [3.8, 4) is 0 Å². The second-order valence-electron chi connectivity index (χ2n) is 3.73. The van der Waals surface area contributed by atoms with Crippen molar-refractivity contribution in [2.45, 2.75) is 13.5 Å². The fourth-order valence-corrected chi connectivity index (χ4v) is 1.44. The first-order valence-electron chi connectivity index (χ1n) is 5.62. The van der Waals surface area contributed by atoms with Crippen LogP contribution in [0.5, 0.6) is 0 Å². The van der Waals surface area contributed by atoms with Crippen molar-refractivity contribution in [3.63, 3.8) is 0 Å². The van der Waals surface area contributed by atoms with Gasteiger partial charge in [0.25, 0.3) is 0 Å². The van der Waals surface area contributed by atoms with Gasteiger partial charge in [-0.15, -0.1) is 0 Å². The van der Waals surface area contributed by atoms with Crippen LogP contribution in [-0.4, -0.2) is 33.0 Å². The molecule has 2 heterocycles. The molecule has 0 radical (unpaired) electrons. The molecule has 0 aliphatic rings. The van der Waals surface area contributed by atoms with Gasteiger partial charge in [0.2, 0.25) is 0 Å². The number of esters is 1. The number of aromatic nitrogens is 4. The second-order valence-corrected chi connectivity index (χ2v) is 3.73. The first kappa shape index (κ1) is 12.9. The van der Waals surface area contributed by atoms with E-state index in [0.29, 0.717) is 18.2 Å². The van der Waals surface area contributed by atoms with E-state index in [4.69, 9.17) is 0 Å². The van der Waals surface area contributed by atoms with E-state index in [2.05, 4.69) is 30.0 Å². The molecular weight excluding hydrogens is 246 g/mol. The number of hydrogen-bond donors (Lipinski definition) is 1. The van der Waals surface area contributed by atoms with Crippen LogP contribution < -0.4 is 5.32 Å². The number of rotatable bonds is 4. The molecule has 7 heteroatoms. The molecule has 0 atom stereocenters. The highest BCUT2D eigenvalue weighted by atomic mass is 16.5. The SMILES string of the molecule is COC(=O)c1cncc(NCc2ccnc(C)n2)n1. The summed E-state index contributed by atoms with van der Waals surface area (Å²) in [5, 5.41) is 3.04. The normalized spacial score (nSPS) is 10.0. The third kappa shape index (κ3) is 3.44. The van der Waals surface area contributed by atoms with Gasteiger partial charge in [0, 0.05) is 6.20 Å². The molecule has 2 aromatic heterocycles. The summed E-state index contributed by atoms with van der Waals surface area (Å²) in [6.45, 7) is 2.30. The summed E-state index contributed by atoms with van der Waals surface area (Å²) >= 11 is 0. The molecule has 0 bridgehead atoms. The number of anilines is 1. The molecule has 0 amide bonds. The van der Waals surface area contributed by atoms with Crippen molar-refractivity contribution >= 4 is 11.8 Å². The van der Waals surface area contributed by atoms with Crippen LogP contribution in [0, 0.1) is 6.92 Å². The van der Waals surface area contributed by atoms with Crippen LogP contribution >= 0.6 is 0 Å². The number of carbonyl (C=O) groups is 1. The molecule has 0 spiro atoms. The van der Waals surface area contributed by atoms with Gasteiger partial charge in [-0.3, -0.25) is 4.98 Å². The summed E-state index contributed by atoms with van der Waals surface area (Å²) in [5.41, 5.74) is 0.990. The van der Waals surface area contributed by atoms with Gasteiger partial charge in [0.1, 0.15) is 11.6 Å². The van der Waals surface area contributed by atoms with E-state index in [0.717, 1.165) is 5.69 Å². The average Bonchev–Trinajstić information content (AvgIpc) is 2.45. The van der Waals surface area contributed by atoms with Crippen molar-refractivity contribution in [1.82, 2.24) is 19.9 Å². The minimum atomic E-state index is -0.519. The van der Waals surface area contributed by atoms with Crippen LogP contribution in [0.1, 0.15) is 22.0 Å². The van der Waals surface area contributed by atoms with Crippen molar-refractivity contribution in [1.29, 1.82) is 0 Å². The third-order valence-corrected chi connectivity index (χ3v) is 2.31. The van der Waals surface area contributed by atoms with E-state index in [-0.39, 0.29) is 5.69 Å². The number of aryl methyl sites for hydroxylation is 1. The predicted octanol–water partition coefficient (Wildman–Crippen LogP) is 0.974. The lowest BCUT2D eigenvalue weighted by atomic mass is 10.4. The monoisotopic (exact) mass is 259 g/mol. The summed E-state index contributed by atoms with van der Waals surface area (Å²) in [6.07, 6.45) is 4.57. The Bertz CT molecular complexity index is 588.